The Kier molecular flexibility index (Phi) is 4.36. The molecule has 0 fully saturated rings. The van der Waals surface area contributed by atoms with Gasteiger partial charge in [0.1, 0.15) is 0 Å². The molecule has 2 N–H and O–H groups in total. The number of rotatable bonds is 4. The lowest BCUT2D eigenvalue weighted by Crippen LogP contribution is -2.28. The summed E-state index contributed by atoms with van der Waals surface area (Å²) in [6.45, 7) is 5.66. The maximum atomic E-state index is 12.8. The summed E-state index contributed by atoms with van der Waals surface area (Å²) in [7, 11) is -2.03. The van der Waals surface area contributed by atoms with Gasteiger partial charge in [-0.2, -0.15) is 4.31 Å². The standard InChI is InChI=1S/C14H19N3O2S2/c1-9-5-6-13(15)10(2)14(9)21(18,19)17(4)7-12-8-20-11(3)16-12/h5-6,8H,7,15H2,1-4H3. The average molecular weight is 325 g/mol. The van der Waals surface area contributed by atoms with E-state index >= 15 is 0 Å². The van der Waals surface area contributed by atoms with Crippen molar-refractivity contribution in [2.24, 2.45) is 0 Å². The number of nitrogens with zero attached hydrogens (tertiary/aromatic N) is 2. The van der Waals surface area contributed by atoms with Crippen molar-refractivity contribution in [2.75, 3.05) is 12.8 Å². The van der Waals surface area contributed by atoms with Crippen LogP contribution in [-0.4, -0.2) is 24.8 Å². The molecule has 21 heavy (non-hydrogen) atoms. The van der Waals surface area contributed by atoms with Crippen LogP contribution in [0.15, 0.2) is 22.4 Å². The highest BCUT2D eigenvalue weighted by Gasteiger charge is 2.26. The summed E-state index contributed by atoms with van der Waals surface area (Å²) >= 11 is 1.51. The molecule has 7 heteroatoms. The number of thiazole rings is 1. The van der Waals surface area contributed by atoms with E-state index in [1.807, 2.05) is 12.3 Å². The Bertz CT molecular complexity index is 767. The second kappa shape index (κ2) is 5.75. The fourth-order valence-corrected chi connectivity index (χ4v) is 4.39. The number of benzene rings is 1. The van der Waals surface area contributed by atoms with Crippen molar-refractivity contribution in [1.82, 2.24) is 9.29 Å². The van der Waals surface area contributed by atoms with Crippen molar-refractivity contribution in [2.45, 2.75) is 32.2 Å². The lowest BCUT2D eigenvalue weighted by molar-refractivity contribution is 0.462. The number of anilines is 1. The fourth-order valence-electron chi connectivity index (χ4n) is 2.19. The highest BCUT2D eigenvalue weighted by molar-refractivity contribution is 7.89. The molecule has 0 saturated heterocycles. The highest BCUT2D eigenvalue weighted by Crippen LogP contribution is 2.27. The summed E-state index contributed by atoms with van der Waals surface area (Å²) in [6.07, 6.45) is 0. The molecule has 1 aromatic carbocycles. The van der Waals surface area contributed by atoms with E-state index in [1.165, 1.54) is 15.6 Å². The lowest BCUT2D eigenvalue weighted by Gasteiger charge is -2.20. The van der Waals surface area contributed by atoms with Gasteiger partial charge in [0.2, 0.25) is 10.0 Å². The molecule has 1 aromatic heterocycles. The maximum Gasteiger partial charge on any atom is 0.243 e. The van der Waals surface area contributed by atoms with E-state index in [9.17, 15) is 8.42 Å². The average Bonchev–Trinajstić information content (AvgIpc) is 2.79. The number of aryl methyl sites for hydroxylation is 2. The lowest BCUT2D eigenvalue weighted by atomic mass is 10.1. The van der Waals surface area contributed by atoms with Gasteiger partial charge in [-0.3, -0.25) is 0 Å². The predicted molar refractivity (Wildman–Crippen MR) is 85.8 cm³/mol. The van der Waals surface area contributed by atoms with Gasteiger partial charge in [-0.05, 0) is 38.0 Å². The van der Waals surface area contributed by atoms with Gasteiger partial charge < -0.3 is 5.73 Å². The molecule has 1 heterocycles. The van der Waals surface area contributed by atoms with Crippen LogP contribution in [-0.2, 0) is 16.6 Å². The first kappa shape index (κ1) is 15.9. The van der Waals surface area contributed by atoms with Crippen molar-refractivity contribution in [3.63, 3.8) is 0 Å². The molecule has 0 atom stereocenters. The second-order valence-electron chi connectivity index (χ2n) is 5.04. The van der Waals surface area contributed by atoms with E-state index in [-0.39, 0.29) is 11.4 Å². The number of hydrogen-bond acceptors (Lipinski definition) is 5. The van der Waals surface area contributed by atoms with E-state index < -0.39 is 10.0 Å². The van der Waals surface area contributed by atoms with Gasteiger partial charge in [0.15, 0.2) is 0 Å². The van der Waals surface area contributed by atoms with Crippen LogP contribution in [0.3, 0.4) is 0 Å². The molecular weight excluding hydrogens is 306 g/mol. The Morgan fingerprint density at radius 2 is 1.95 bits per heavy atom. The molecule has 0 aliphatic carbocycles. The minimum absolute atomic E-state index is 0.250. The topological polar surface area (TPSA) is 76.3 Å². The Morgan fingerprint density at radius 3 is 2.52 bits per heavy atom. The summed E-state index contributed by atoms with van der Waals surface area (Å²) in [4.78, 5) is 4.60. The normalized spacial score (nSPS) is 12.0. The summed E-state index contributed by atoms with van der Waals surface area (Å²) in [5.74, 6) is 0. The molecule has 0 bridgehead atoms. The van der Waals surface area contributed by atoms with Crippen molar-refractivity contribution in [3.8, 4) is 0 Å². The summed E-state index contributed by atoms with van der Waals surface area (Å²) < 4.78 is 26.9. The largest absolute Gasteiger partial charge is 0.398 e. The molecule has 2 aromatic rings. The second-order valence-corrected chi connectivity index (χ2v) is 8.09. The van der Waals surface area contributed by atoms with Gasteiger partial charge in [0, 0.05) is 18.1 Å². The molecule has 0 radical (unpaired) electrons. The summed E-state index contributed by atoms with van der Waals surface area (Å²) in [6, 6.07) is 3.46. The van der Waals surface area contributed by atoms with Gasteiger partial charge >= 0.3 is 0 Å². The molecule has 2 rings (SSSR count). The number of nitrogen functional groups attached to an aromatic ring is 1. The van der Waals surface area contributed by atoms with Crippen LogP contribution in [0.2, 0.25) is 0 Å². The van der Waals surface area contributed by atoms with E-state index in [2.05, 4.69) is 4.98 Å². The summed E-state index contributed by atoms with van der Waals surface area (Å²) in [5.41, 5.74) is 8.38. The third-order valence-corrected chi connectivity index (χ3v) is 6.28. The van der Waals surface area contributed by atoms with Crippen LogP contribution in [0, 0.1) is 20.8 Å². The maximum absolute atomic E-state index is 12.8. The van der Waals surface area contributed by atoms with Gasteiger partial charge in [-0.1, -0.05) is 6.07 Å². The summed E-state index contributed by atoms with van der Waals surface area (Å²) in [5, 5.41) is 2.80. The van der Waals surface area contributed by atoms with Crippen molar-refractivity contribution < 1.29 is 8.42 Å². The van der Waals surface area contributed by atoms with Crippen molar-refractivity contribution in [1.29, 1.82) is 0 Å². The smallest absolute Gasteiger partial charge is 0.243 e. The third kappa shape index (κ3) is 3.09. The SMILES string of the molecule is Cc1nc(CN(C)S(=O)(=O)c2c(C)ccc(N)c2C)cs1. The Hall–Kier alpha value is -1.44. The van der Waals surface area contributed by atoms with Crippen molar-refractivity contribution in [3.05, 3.63) is 39.3 Å². The van der Waals surface area contributed by atoms with Crippen LogP contribution in [0.1, 0.15) is 21.8 Å². The van der Waals surface area contributed by atoms with E-state index in [0.29, 0.717) is 16.8 Å². The minimum atomic E-state index is -3.59. The molecule has 0 spiro atoms. The van der Waals surface area contributed by atoms with Crippen LogP contribution in [0.4, 0.5) is 5.69 Å². The zero-order chi connectivity index (χ0) is 15.8. The molecule has 5 nitrogen and oxygen atoms in total. The monoisotopic (exact) mass is 325 g/mol. The molecule has 114 valence electrons. The number of aromatic nitrogens is 1. The van der Waals surface area contributed by atoms with Gasteiger partial charge in [0.05, 0.1) is 22.1 Å². The predicted octanol–water partition coefficient (Wildman–Crippen LogP) is 2.47. The minimum Gasteiger partial charge on any atom is -0.398 e. The fraction of sp³-hybridized carbons (Fsp3) is 0.357. The Labute approximate surface area is 129 Å². The first-order chi connectivity index (χ1) is 9.73. The van der Waals surface area contributed by atoms with Crippen LogP contribution >= 0.6 is 11.3 Å². The molecule has 0 amide bonds. The number of hydrogen-bond donors (Lipinski definition) is 1. The van der Waals surface area contributed by atoms with E-state index in [0.717, 1.165) is 10.7 Å². The van der Waals surface area contributed by atoms with E-state index in [4.69, 9.17) is 5.73 Å². The van der Waals surface area contributed by atoms with Gasteiger partial charge in [0.25, 0.3) is 0 Å². The molecule has 0 saturated carbocycles. The number of nitrogens with two attached hydrogens (primary N) is 1. The molecular formula is C14H19N3O2S2. The van der Waals surface area contributed by atoms with E-state index in [1.54, 1.807) is 33.0 Å². The van der Waals surface area contributed by atoms with Crippen molar-refractivity contribution >= 4 is 27.0 Å². The first-order valence-electron chi connectivity index (χ1n) is 6.46. The zero-order valence-corrected chi connectivity index (χ0v) is 14.2. The number of sulfonamides is 1. The van der Waals surface area contributed by atoms with Crippen LogP contribution < -0.4 is 5.73 Å². The quantitative estimate of drug-likeness (QED) is 0.876. The molecule has 0 unspecified atom stereocenters. The van der Waals surface area contributed by atoms with Crippen LogP contribution in [0.25, 0.3) is 0 Å². The molecule has 0 aliphatic heterocycles. The third-order valence-electron chi connectivity index (χ3n) is 3.36. The zero-order valence-electron chi connectivity index (χ0n) is 12.5. The Balaban J connectivity index is 2.40. The highest BCUT2D eigenvalue weighted by atomic mass is 32.2. The first-order valence-corrected chi connectivity index (χ1v) is 8.78. The van der Waals surface area contributed by atoms with Gasteiger partial charge in [-0.25, -0.2) is 13.4 Å². The van der Waals surface area contributed by atoms with Crippen LogP contribution in [0.5, 0.6) is 0 Å². The molecule has 0 aliphatic rings. The van der Waals surface area contributed by atoms with Gasteiger partial charge in [-0.15, -0.1) is 11.3 Å². The Morgan fingerprint density at radius 1 is 1.29 bits per heavy atom.